The molecule has 3 N–H and O–H groups in total. The minimum atomic E-state index is -0.174. The minimum Gasteiger partial charge on any atom is -0.492 e. The van der Waals surface area contributed by atoms with Crippen LogP contribution in [-0.4, -0.2) is 16.0 Å². The van der Waals surface area contributed by atoms with E-state index in [1.165, 1.54) is 22.5 Å². The van der Waals surface area contributed by atoms with Gasteiger partial charge in [0.25, 0.3) is 0 Å². The van der Waals surface area contributed by atoms with Gasteiger partial charge >= 0.3 is 0 Å². The lowest BCUT2D eigenvalue weighted by atomic mass is 10.0. The van der Waals surface area contributed by atoms with Crippen molar-refractivity contribution in [1.29, 1.82) is 0 Å². The molecule has 146 valence electrons. The second-order valence-corrected chi connectivity index (χ2v) is 8.27. The fourth-order valence-electron chi connectivity index (χ4n) is 3.16. The van der Waals surface area contributed by atoms with Gasteiger partial charge in [-0.3, -0.25) is 4.79 Å². The van der Waals surface area contributed by atoms with E-state index < -0.39 is 0 Å². The van der Waals surface area contributed by atoms with Crippen LogP contribution < -0.4 is 10.6 Å². The molecule has 3 rings (SSSR count). The number of benzene rings is 2. The van der Waals surface area contributed by atoms with E-state index in [0.717, 1.165) is 28.1 Å². The summed E-state index contributed by atoms with van der Waals surface area (Å²) in [4.78, 5) is 17.2. The molecule has 0 radical (unpaired) electrons. The standard InChI is InChI=1S/C22H25N3O2S/c1-12-8-15(4)20(16(5)9-12)24-19(26)11-18-21(27)25-22(28-18)23-17-7-6-13(2)14(3)10-17/h6-10,27H,11H2,1-5H3,(H,23,25)(H,24,26). The third kappa shape index (κ3) is 4.51. The van der Waals surface area contributed by atoms with Crippen molar-refractivity contribution < 1.29 is 9.90 Å². The van der Waals surface area contributed by atoms with Crippen molar-refractivity contribution in [2.24, 2.45) is 0 Å². The zero-order valence-corrected chi connectivity index (χ0v) is 17.6. The maximum absolute atomic E-state index is 12.5. The number of carbonyl (C=O) groups excluding carboxylic acids is 1. The number of aromatic hydroxyl groups is 1. The van der Waals surface area contributed by atoms with E-state index in [9.17, 15) is 9.90 Å². The Morgan fingerprint density at radius 2 is 1.68 bits per heavy atom. The van der Waals surface area contributed by atoms with Gasteiger partial charge in [0.2, 0.25) is 11.8 Å². The summed E-state index contributed by atoms with van der Waals surface area (Å²) in [6.45, 7) is 10.1. The lowest BCUT2D eigenvalue weighted by Crippen LogP contribution is -2.15. The van der Waals surface area contributed by atoms with Gasteiger partial charge in [0.15, 0.2) is 5.13 Å². The van der Waals surface area contributed by atoms with E-state index in [0.29, 0.717) is 10.0 Å². The van der Waals surface area contributed by atoms with Crippen LogP contribution in [0.15, 0.2) is 30.3 Å². The van der Waals surface area contributed by atoms with Crippen LogP contribution in [-0.2, 0) is 11.2 Å². The number of nitrogens with one attached hydrogen (secondary N) is 2. The molecule has 0 atom stereocenters. The molecule has 0 bridgehead atoms. The number of rotatable bonds is 5. The van der Waals surface area contributed by atoms with Gasteiger partial charge in [-0.2, -0.15) is 4.98 Å². The third-order valence-corrected chi connectivity index (χ3v) is 5.66. The Bertz CT molecular complexity index is 1020. The third-order valence-electron chi connectivity index (χ3n) is 4.70. The van der Waals surface area contributed by atoms with Crippen LogP contribution in [0, 0.1) is 34.6 Å². The predicted molar refractivity (Wildman–Crippen MR) is 116 cm³/mol. The van der Waals surface area contributed by atoms with Crippen molar-refractivity contribution in [1.82, 2.24) is 4.98 Å². The highest BCUT2D eigenvalue weighted by Crippen LogP contribution is 2.31. The van der Waals surface area contributed by atoms with Crippen molar-refractivity contribution >= 4 is 33.8 Å². The Morgan fingerprint density at radius 3 is 2.32 bits per heavy atom. The van der Waals surface area contributed by atoms with Gasteiger partial charge in [0.05, 0.1) is 11.3 Å². The van der Waals surface area contributed by atoms with Gasteiger partial charge in [-0.05, 0) is 69.0 Å². The largest absolute Gasteiger partial charge is 0.492 e. The highest BCUT2D eigenvalue weighted by molar-refractivity contribution is 7.16. The van der Waals surface area contributed by atoms with Crippen molar-refractivity contribution in [3.05, 3.63) is 63.0 Å². The molecule has 0 aliphatic rings. The molecule has 1 aromatic heterocycles. The number of carbonyl (C=O) groups is 1. The lowest BCUT2D eigenvalue weighted by Gasteiger charge is -2.12. The minimum absolute atomic E-state index is 0.0743. The van der Waals surface area contributed by atoms with Gasteiger partial charge in [-0.25, -0.2) is 0 Å². The average molecular weight is 396 g/mol. The molecule has 0 saturated carbocycles. The SMILES string of the molecule is Cc1cc(C)c(NC(=O)Cc2sc(Nc3ccc(C)c(C)c3)nc2O)c(C)c1. The zero-order chi connectivity index (χ0) is 20.4. The molecule has 0 saturated heterocycles. The zero-order valence-electron chi connectivity index (χ0n) is 16.8. The van der Waals surface area contributed by atoms with Crippen LogP contribution in [0.1, 0.15) is 32.7 Å². The van der Waals surface area contributed by atoms with Crippen molar-refractivity contribution in [3.63, 3.8) is 0 Å². The number of hydrogen-bond acceptors (Lipinski definition) is 5. The monoisotopic (exact) mass is 395 g/mol. The molecular formula is C22H25N3O2S. The van der Waals surface area contributed by atoms with Gasteiger partial charge in [0.1, 0.15) is 0 Å². The Hall–Kier alpha value is -2.86. The number of aromatic nitrogens is 1. The molecular weight excluding hydrogens is 370 g/mol. The molecule has 0 fully saturated rings. The number of thiazole rings is 1. The number of anilines is 3. The topological polar surface area (TPSA) is 74.2 Å². The molecule has 5 nitrogen and oxygen atoms in total. The van der Waals surface area contributed by atoms with Crippen molar-refractivity contribution in [3.8, 4) is 5.88 Å². The summed E-state index contributed by atoms with van der Waals surface area (Å²) in [6, 6.07) is 10.1. The number of nitrogens with zero attached hydrogens (tertiary/aromatic N) is 1. The molecule has 28 heavy (non-hydrogen) atoms. The van der Waals surface area contributed by atoms with E-state index in [4.69, 9.17) is 0 Å². The van der Waals surface area contributed by atoms with Crippen LogP contribution >= 0.6 is 11.3 Å². The fraction of sp³-hybridized carbons (Fsp3) is 0.273. The first-order chi connectivity index (χ1) is 13.2. The highest BCUT2D eigenvalue weighted by atomic mass is 32.1. The molecule has 0 unspecified atom stereocenters. The normalized spacial score (nSPS) is 10.8. The van der Waals surface area contributed by atoms with E-state index in [2.05, 4.69) is 22.5 Å². The van der Waals surface area contributed by atoms with E-state index in [1.807, 2.05) is 58.0 Å². The van der Waals surface area contributed by atoms with Crippen molar-refractivity contribution in [2.45, 2.75) is 41.0 Å². The van der Waals surface area contributed by atoms with Crippen LogP contribution in [0.5, 0.6) is 5.88 Å². The lowest BCUT2D eigenvalue weighted by molar-refractivity contribution is -0.115. The highest BCUT2D eigenvalue weighted by Gasteiger charge is 2.16. The molecule has 1 amide bonds. The molecule has 3 aromatic rings. The van der Waals surface area contributed by atoms with Gasteiger partial charge < -0.3 is 15.7 Å². The second-order valence-electron chi connectivity index (χ2n) is 7.19. The van der Waals surface area contributed by atoms with Crippen LogP contribution in [0.25, 0.3) is 0 Å². The summed E-state index contributed by atoms with van der Waals surface area (Å²) in [5.74, 6) is -0.282. The van der Waals surface area contributed by atoms with E-state index in [-0.39, 0.29) is 18.2 Å². The average Bonchev–Trinajstić information content (AvgIpc) is 2.93. The summed E-state index contributed by atoms with van der Waals surface area (Å²) in [6.07, 6.45) is 0.0743. The van der Waals surface area contributed by atoms with Gasteiger partial charge in [0, 0.05) is 11.4 Å². The summed E-state index contributed by atoms with van der Waals surface area (Å²) in [7, 11) is 0. The number of aryl methyl sites for hydroxylation is 5. The number of hydrogen-bond donors (Lipinski definition) is 3. The smallest absolute Gasteiger partial charge is 0.229 e. The van der Waals surface area contributed by atoms with Crippen LogP contribution in [0.4, 0.5) is 16.5 Å². The molecule has 0 spiro atoms. The maximum atomic E-state index is 12.5. The molecule has 1 heterocycles. The number of amides is 1. The first kappa shape index (κ1) is 19.9. The summed E-state index contributed by atoms with van der Waals surface area (Å²) < 4.78 is 0. The Labute approximate surface area is 169 Å². The molecule has 2 aromatic carbocycles. The van der Waals surface area contributed by atoms with Crippen LogP contribution in [0.3, 0.4) is 0 Å². The Balaban J connectivity index is 1.71. The first-order valence-corrected chi connectivity index (χ1v) is 9.95. The van der Waals surface area contributed by atoms with Gasteiger partial charge in [-0.15, -0.1) is 0 Å². The molecule has 0 aliphatic carbocycles. The van der Waals surface area contributed by atoms with E-state index in [1.54, 1.807) is 0 Å². The van der Waals surface area contributed by atoms with E-state index >= 15 is 0 Å². The van der Waals surface area contributed by atoms with Crippen molar-refractivity contribution in [2.75, 3.05) is 10.6 Å². The fourth-order valence-corrected chi connectivity index (χ4v) is 4.04. The Kier molecular flexibility index (Phi) is 5.70. The maximum Gasteiger partial charge on any atom is 0.229 e. The Morgan fingerprint density at radius 1 is 1.00 bits per heavy atom. The second kappa shape index (κ2) is 8.02. The summed E-state index contributed by atoms with van der Waals surface area (Å²) in [5, 5.41) is 16.9. The molecule has 6 heteroatoms. The quantitative estimate of drug-likeness (QED) is 0.547. The van der Waals surface area contributed by atoms with Gasteiger partial charge in [-0.1, -0.05) is 35.1 Å². The molecule has 0 aliphatic heterocycles. The van der Waals surface area contributed by atoms with Crippen LogP contribution in [0.2, 0.25) is 0 Å². The summed E-state index contributed by atoms with van der Waals surface area (Å²) >= 11 is 1.28. The first-order valence-electron chi connectivity index (χ1n) is 9.13. The summed E-state index contributed by atoms with van der Waals surface area (Å²) in [5.41, 5.74) is 7.33. The predicted octanol–water partition coefficient (Wildman–Crippen LogP) is 5.32.